The molecule has 418 valence electrons. The van der Waals surface area contributed by atoms with Crippen LogP contribution >= 0.6 is 0 Å². The maximum atomic E-state index is 15.4. The second kappa shape index (κ2) is 27.8. The van der Waals surface area contributed by atoms with Crippen molar-refractivity contribution in [3.8, 4) is 5.88 Å². The molecular weight excluding hydrogens is 1070 g/mol. The Bertz CT molecular complexity index is 2620. The molecular formula is C53H47BF20N2O. The number of benzene rings is 5. The summed E-state index contributed by atoms with van der Waals surface area (Å²) in [7, 11) is 0. The molecule has 6 aromatic rings. The molecule has 0 aliphatic carbocycles. The molecule has 0 saturated carbocycles. The third kappa shape index (κ3) is 13.3. The summed E-state index contributed by atoms with van der Waals surface area (Å²) < 4.78 is 302. The van der Waals surface area contributed by atoms with Gasteiger partial charge in [0, 0.05) is 5.56 Å². The quantitative estimate of drug-likeness (QED) is 0.0151. The zero-order chi connectivity index (χ0) is 56.9. The van der Waals surface area contributed by atoms with Gasteiger partial charge in [-0.2, -0.15) is 4.57 Å². The zero-order valence-corrected chi connectivity index (χ0v) is 40.8. The van der Waals surface area contributed by atoms with E-state index in [0.717, 1.165) is 25.5 Å². The summed E-state index contributed by atoms with van der Waals surface area (Å²) in [5, 5.41) is 0. The van der Waals surface area contributed by atoms with Crippen molar-refractivity contribution >= 4 is 28.0 Å². The number of aromatic nitrogens is 2. The average Bonchev–Trinajstić information content (AvgIpc) is 3.44. The number of unbranched alkanes of at least 4 members (excludes halogenated alkanes) is 15. The fraction of sp³-hybridized carbons (Fsp3) is 0.358. The number of ether oxygens (including phenoxy) is 1. The maximum absolute atomic E-state index is 15.4. The summed E-state index contributed by atoms with van der Waals surface area (Å²) in [6.45, 7) is 3.90. The van der Waals surface area contributed by atoms with Gasteiger partial charge in [0.05, 0.1) is 12.8 Å². The molecule has 1 aromatic heterocycles. The molecule has 0 bridgehead atoms. The summed E-state index contributed by atoms with van der Waals surface area (Å²) >= 11 is 0. The second-order valence-electron chi connectivity index (χ2n) is 18.0. The van der Waals surface area contributed by atoms with E-state index in [4.69, 9.17) is 4.74 Å². The monoisotopic (exact) mass is 1120 g/mol. The molecule has 0 amide bonds. The smallest absolute Gasteiger partial charge is 0.279 e. The Morgan fingerprint density at radius 3 is 0.935 bits per heavy atom. The van der Waals surface area contributed by atoms with Crippen LogP contribution in [0.1, 0.15) is 115 Å². The topological polar surface area (TPSA) is 26.0 Å². The van der Waals surface area contributed by atoms with E-state index in [1.807, 2.05) is 24.7 Å². The largest absolute Gasteiger partial charge is 0.473 e. The Labute approximate surface area is 428 Å². The zero-order valence-electron chi connectivity index (χ0n) is 40.8. The van der Waals surface area contributed by atoms with Gasteiger partial charge in [0.25, 0.3) is 5.88 Å². The van der Waals surface area contributed by atoms with Crippen LogP contribution in [0.5, 0.6) is 5.88 Å². The lowest BCUT2D eigenvalue weighted by Crippen LogP contribution is -2.81. The van der Waals surface area contributed by atoms with E-state index >= 15 is 35.1 Å². The van der Waals surface area contributed by atoms with Crippen LogP contribution < -0.4 is 31.2 Å². The highest BCUT2D eigenvalue weighted by Crippen LogP contribution is 2.31. The Balaban J connectivity index is 0.000000301. The van der Waals surface area contributed by atoms with Gasteiger partial charge in [-0.05, 0) is 6.42 Å². The molecule has 0 N–H and O–H groups in total. The molecule has 0 unspecified atom stereocenters. The van der Waals surface area contributed by atoms with Crippen molar-refractivity contribution in [2.75, 3.05) is 6.61 Å². The van der Waals surface area contributed by atoms with E-state index < -0.39 is 144 Å². The number of rotatable bonds is 24. The van der Waals surface area contributed by atoms with E-state index in [1.165, 1.54) is 102 Å². The van der Waals surface area contributed by atoms with Crippen LogP contribution in [0.2, 0.25) is 0 Å². The molecule has 3 nitrogen and oxygen atoms in total. The van der Waals surface area contributed by atoms with Gasteiger partial charge in [-0.3, -0.25) is 0 Å². The molecule has 24 heteroatoms. The third-order valence-corrected chi connectivity index (χ3v) is 12.9. The Kier molecular flexibility index (Phi) is 22.2. The number of nitrogens with zero attached hydrogens (tertiary/aromatic N) is 2. The lowest BCUT2D eigenvalue weighted by atomic mass is 9.12. The van der Waals surface area contributed by atoms with Crippen molar-refractivity contribution in [1.82, 2.24) is 4.98 Å². The van der Waals surface area contributed by atoms with Gasteiger partial charge < -0.3 is 4.74 Å². The Morgan fingerprint density at radius 1 is 0.364 bits per heavy atom. The minimum atomic E-state index is -7.22. The molecule has 0 radical (unpaired) electrons. The Hall–Kier alpha value is -6.36. The third-order valence-electron chi connectivity index (χ3n) is 12.9. The maximum Gasteiger partial charge on any atom is 0.279 e. The molecule has 6 rings (SSSR count). The normalized spacial score (nSPS) is 11.6. The van der Waals surface area contributed by atoms with Gasteiger partial charge in [0.1, 0.15) is 52.7 Å². The minimum Gasteiger partial charge on any atom is -0.473 e. The number of halogens is 20. The summed E-state index contributed by atoms with van der Waals surface area (Å²) in [6.07, 6.45) is 20.9. The van der Waals surface area contributed by atoms with Gasteiger partial charge in [-0.15, -0.1) is 21.9 Å². The van der Waals surface area contributed by atoms with Gasteiger partial charge in [-0.25, -0.2) is 92.8 Å². The van der Waals surface area contributed by atoms with Gasteiger partial charge in [0.2, 0.25) is 6.20 Å². The fourth-order valence-corrected chi connectivity index (χ4v) is 9.08. The lowest BCUT2D eigenvalue weighted by Gasteiger charge is -2.44. The molecule has 0 spiro atoms. The molecule has 0 fully saturated rings. The minimum absolute atomic E-state index is 0.726. The van der Waals surface area contributed by atoms with Crippen LogP contribution in [0, 0.1) is 116 Å². The van der Waals surface area contributed by atoms with Gasteiger partial charge >= 0.3 is 0 Å². The first-order chi connectivity index (χ1) is 36.6. The van der Waals surface area contributed by atoms with E-state index in [1.54, 1.807) is 0 Å². The average molecular weight is 1120 g/mol. The van der Waals surface area contributed by atoms with E-state index in [9.17, 15) is 52.7 Å². The SMILES string of the molecule is CCCCCCCCCCCCCCCCCCOc1c[n+](Cc2ccccc2)ccn1.Fc1c(F)c(F)c([B-](c2c(F)c(F)c(F)c(F)c2F)(c2c(F)c(F)c(F)c(F)c2F)c2c(F)c(F)c(F)c(F)c2F)c(F)c1F. The van der Waals surface area contributed by atoms with Crippen molar-refractivity contribution < 1.29 is 97.1 Å². The van der Waals surface area contributed by atoms with Crippen LogP contribution in [-0.4, -0.2) is 17.7 Å². The molecule has 5 aromatic carbocycles. The summed E-state index contributed by atoms with van der Waals surface area (Å²) in [4.78, 5) is 4.35. The van der Waals surface area contributed by atoms with Crippen molar-refractivity contribution in [2.24, 2.45) is 0 Å². The lowest BCUT2D eigenvalue weighted by molar-refractivity contribution is -0.689. The molecule has 77 heavy (non-hydrogen) atoms. The predicted octanol–water partition coefficient (Wildman–Crippen LogP) is 13.9. The van der Waals surface area contributed by atoms with Crippen LogP contribution in [-0.2, 0) is 6.54 Å². The first-order valence-electron chi connectivity index (χ1n) is 24.3. The van der Waals surface area contributed by atoms with Gasteiger partial charge in [0.15, 0.2) is 82.5 Å². The van der Waals surface area contributed by atoms with Crippen LogP contribution in [0.15, 0.2) is 48.9 Å². The number of hydrogen-bond donors (Lipinski definition) is 0. The van der Waals surface area contributed by atoms with Crippen molar-refractivity contribution in [3.05, 3.63) is 171 Å². The summed E-state index contributed by atoms with van der Waals surface area (Å²) in [6, 6.07) is 10.5. The first-order valence-corrected chi connectivity index (χ1v) is 24.3. The number of hydrogen-bond acceptors (Lipinski definition) is 2. The van der Waals surface area contributed by atoms with Crippen LogP contribution in [0.4, 0.5) is 87.8 Å². The highest BCUT2D eigenvalue weighted by molar-refractivity contribution is 7.20. The Morgan fingerprint density at radius 2 is 0.636 bits per heavy atom. The highest BCUT2D eigenvalue weighted by atomic mass is 19.2. The van der Waals surface area contributed by atoms with E-state index in [0.29, 0.717) is 0 Å². The summed E-state index contributed by atoms with van der Waals surface area (Å²) in [5.74, 6) is -70.7. The highest BCUT2D eigenvalue weighted by Gasteiger charge is 2.52. The van der Waals surface area contributed by atoms with Crippen LogP contribution in [0.25, 0.3) is 0 Å². The van der Waals surface area contributed by atoms with E-state index in [2.05, 4.69) is 40.7 Å². The summed E-state index contributed by atoms with van der Waals surface area (Å²) in [5.41, 5.74) is -13.0. The second-order valence-corrected chi connectivity index (χ2v) is 18.0. The molecule has 0 aliphatic heterocycles. The molecule has 1 heterocycles. The fourth-order valence-electron chi connectivity index (χ4n) is 9.08. The van der Waals surface area contributed by atoms with Crippen LogP contribution in [0.3, 0.4) is 0 Å². The van der Waals surface area contributed by atoms with E-state index in [-0.39, 0.29) is 0 Å². The molecule has 0 aliphatic rings. The van der Waals surface area contributed by atoms with Crippen molar-refractivity contribution in [2.45, 2.75) is 116 Å². The van der Waals surface area contributed by atoms with Crippen molar-refractivity contribution in [3.63, 3.8) is 0 Å². The molecule has 0 atom stereocenters. The van der Waals surface area contributed by atoms with Crippen molar-refractivity contribution in [1.29, 1.82) is 0 Å². The van der Waals surface area contributed by atoms with Gasteiger partial charge in [-0.1, -0.05) is 134 Å². The standard InChI is InChI=1S/C29H47N2O.C24BF20/c1-2-3-4-5-6-7-8-9-10-11-12-13-14-15-16-20-25-32-29-27-31(24-23-30-29)26-28-21-18-17-19-22-28;26-5-1(6(27)14(35)21(42)13(5)34)25(2-7(28)15(36)22(43)16(37)8(2)29,3-9(30)17(38)23(44)18(39)10(3)31)4-11(32)19(40)24(45)20(41)12(4)33/h17-19,21-24,27H,2-16,20,25-26H2,1H3;/q+1;-1. The first kappa shape index (κ1) is 61.5. The molecule has 0 saturated heterocycles. The predicted molar refractivity (Wildman–Crippen MR) is 244 cm³/mol.